The molecule has 0 unspecified atom stereocenters. The van der Waals surface area contributed by atoms with Crippen LogP contribution in [0, 0.1) is 0 Å². The summed E-state index contributed by atoms with van der Waals surface area (Å²) < 4.78 is 6.14. The summed E-state index contributed by atoms with van der Waals surface area (Å²) in [6.07, 6.45) is 1.14. The van der Waals surface area contributed by atoms with Crippen LogP contribution in [0.25, 0.3) is 0 Å². The Morgan fingerprint density at radius 3 is 2.38 bits per heavy atom. The lowest BCUT2D eigenvalue weighted by molar-refractivity contribution is 0.0809. The molecule has 0 aliphatic carbocycles. The molecule has 136 valence electrons. The van der Waals surface area contributed by atoms with Crippen LogP contribution in [0.1, 0.15) is 28.8 Å². The Hall–Kier alpha value is -2.34. The molecule has 1 N–H and O–H groups in total. The molecule has 2 aromatic rings. The molecule has 1 aliphatic rings. The molecule has 2 aromatic carbocycles. The topological polar surface area (TPSA) is 58.6 Å². The van der Waals surface area contributed by atoms with Crippen LogP contribution < -0.4 is 5.32 Å². The number of benzene rings is 2. The van der Waals surface area contributed by atoms with E-state index in [1.54, 1.807) is 11.0 Å². The van der Waals surface area contributed by atoms with Gasteiger partial charge >= 0.3 is 6.09 Å². The first kappa shape index (κ1) is 18.5. The zero-order valence-corrected chi connectivity index (χ0v) is 15.9. The third kappa shape index (κ3) is 4.85. The molecule has 2 amide bonds. The molecule has 0 bridgehead atoms. The number of hydrogen-bond donors (Lipinski definition) is 1. The quantitative estimate of drug-likeness (QED) is 0.819. The average molecular weight is 417 g/mol. The normalized spacial score (nSPS) is 14.7. The van der Waals surface area contributed by atoms with Crippen LogP contribution in [-0.4, -0.2) is 36.0 Å². The van der Waals surface area contributed by atoms with Crippen molar-refractivity contribution in [1.82, 2.24) is 10.2 Å². The van der Waals surface area contributed by atoms with Gasteiger partial charge in [-0.1, -0.05) is 42.5 Å². The van der Waals surface area contributed by atoms with Crippen molar-refractivity contribution in [3.8, 4) is 0 Å². The third-order valence-electron chi connectivity index (χ3n) is 4.41. The molecule has 1 fully saturated rings. The molecule has 5 nitrogen and oxygen atoms in total. The molecule has 0 atom stereocenters. The second-order valence-corrected chi connectivity index (χ2v) is 7.11. The summed E-state index contributed by atoms with van der Waals surface area (Å²) in [6.45, 7) is 1.43. The Kier molecular flexibility index (Phi) is 6.28. The molecule has 6 heteroatoms. The van der Waals surface area contributed by atoms with Crippen LogP contribution >= 0.6 is 15.9 Å². The minimum Gasteiger partial charge on any atom is -0.445 e. The monoisotopic (exact) mass is 416 g/mol. The van der Waals surface area contributed by atoms with Crippen molar-refractivity contribution < 1.29 is 14.3 Å². The lowest BCUT2D eigenvalue weighted by atomic mass is 10.0. The van der Waals surface area contributed by atoms with Gasteiger partial charge < -0.3 is 15.0 Å². The Balaban J connectivity index is 1.44. The van der Waals surface area contributed by atoms with E-state index in [0.717, 1.165) is 22.9 Å². The van der Waals surface area contributed by atoms with Crippen LogP contribution in [-0.2, 0) is 11.3 Å². The maximum Gasteiger partial charge on any atom is 0.410 e. The maximum atomic E-state index is 12.4. The number of carbonyl (C=O) groups is 2. The minimum absolute atomic E-state index is 0.0628. The SMILES string of the molecule is O=C(NC1CCN(C(=O)OCc2ccccc2)CC1)c1ccccc1Br. The van der Waals surface area contributed by atoms with Gasteiger partial charge in [0.25, 0.3) is 5.91 Å². The van der Waals surface area contributed by atoms with Gasteiger partial charge in [-0.3, -0.25) is 4.79 Å². The van der Waals surface area contributed by atoms with Gasteiger partial charge in [-0.25, -0.2) is 4.79 Å². The van der Waals surface area contributed by atoms with Gasteiger partial charge in [0.15, 0.2) is 0 Å². The number of piperidine rings is 1. The van der Waals surface area contributed by atoms with Crippen molar-refractivity contribution in [2.45, 2.75) is 25.5 Å². The zero-order valence-electron chi connectivity index (χ0n) is 14.4. The largest absolute Gasteiger partial charge is 0.445 e. The number of likely N-dealkylation sites (tertiary alicyclic amines) is 1. The second kappa shape index (κ2) is 8.85. The number of rotatable bonds is 4. The van der Waals surface area contributed by atoms with E-state index in [2.05, 4.69) is 21.2 Å². The molecule has 1 saturated heterocycles. The summed E-state index contributed by atoms with van der Waals surface area (Å²) in [4.78, 5) is 26.2. The zero-order chi connectivity index (χ0) is 18.4. The maximum absolute atomic E-state index is 12.4. The van der Waals surface area contributed by atoms with E-state index in [1.165, 1.54) is 0 Å². The molecule has 0 saturated carbocycles. The van der Waals surface area contributed by atoms with E-state index in [0.29, 0.717) is 18.7 Å². The number of hydrogen-bond acceptors (Lipinski definition) is 3. The number of halogens is 1. The predicted octanol–water partition coefficient (Wildman–Crippen LogP) is 3.98. The van der Waals surface area contributed by atoms with E-state index in [-0.39, 0.29) is 24.6 Å². The highest BCUT2D eigenvalue weighted by Gasteiger charge is 2.25. The summed E-state index contributed by atoms with van der Waals surface area (Å²) in [5.74, 6) is -0.0948. The van der Waals surface area contributed by atoms with Crippen molar-refractivity contribution in [3.63, 3.8) is 0 Å². The molecular formula is C20H21BrN2O3. The van der Waals surface area contributed by atoms with Gasteiger partial charge in [-0.05, 0) is 46.5 Å². The number of ether oxygens (including phenoxy) is 1. The van der Waals surface area contributed by atoms with E-state index < -0.39 is 0 Å². The number of nitrogens with one attached hydrogen (secondary N) is 1. The van der Waals surface area contributed by atoms with Crippen molar-refractivity contribution in [1.29, 1.82) is 0 Å². The van der Waals surface area contributed by atoms with Crippen LogP contribution in [0.3, 0.4) is 0 Å². The average Bonchev–Trinajstić information content (AvgIpc) is 2.68. The Bertz CT molecular complexity index is 759. The van der Waals surface area contributed by atoms with Crippen LogP contribution in [0.4, 0.5) is 4.79 Å². The van der Waals surface area contributed by atoms with Crippen molar-refractivity contribution in [2.75, 3.05) is 13.1 Å². The van der Waals surface area contributed by atoms with Crippen LogP contribution in [0.2, 0.25) is 0 Å². The Labute approximate surface area is 161 Å². The van der Waals surface area contributed by atoms with Crippen molar-refractivity contribution in [2.24, 2.45) is 0 Å². The fourth-order valence-corrected chi connectivity index (χ4v) is 3.39. The standard InChI is InChI=1S/C20H21BrN2O3/c21-18-9-5-4-8-17(18)19(24)22-16-10-12-23(13-11-16)20(25)26-14-15-6-2-1-3-7-15/h1-9,16H,10-14H2,(H,22,24). The van der Waals surface area contributed by atoms with E-state index in [1.807, 2.05) is 48.5 Å². The summed E-state index contributed by atoms with van der Waals surface area (Å²) in [5, 5.41) is 3.05. The molecule has 1 heterocycles. The molecule has 0 spiro atoms. The summed E-state index contributed by atoms with van der Waals surface area (Å²) in [7, 11) is 0. The van der Waals surface area contributed by atoms with E-state index in [4.69, 9.17) is 4.74 Å². The first-order valence-electron chi connectivity index (χ1n) is 8.64. The van der Waals surface area contributed by atoms with Crippen molar-refractivity contribution >= 4 is 27.9 Å². The lowest BCUT2D eigenvalue weighted by Gasteiger charge is -2.31. The first-order valence-corrected chi connectivity index (χ1v) is 9.44. The van der Waals surface area contributed by atoms with E-state index >= 15 is 0 Å². The molecule has 1 aliphatic heterocycles. The molecule has 0 aromatic heterocycles. The Morgan fingerprint density at radius 2 is 1.69 bits per heavy atom. The highest BCUT2D eigenvalue weighted by atomic mass is 79.9. The van der Waals surface area contributed by atoms with Crippen LogP contribution in [0.15, 0.2) is 59.1 Å². The van der Waals surface area contributed by atoms with Crippen LogP contribution in [0.5, 0.6) is 0 Å². The fourth-order valence-electron chi connectivity index (χ4n) is 2.93. The second-order valence-electron chi connectivity index (χ2n) is 6.25. The highest BCUT2D eigenvalue weighted by Crippen LogP contribution is 2.17. The summed E-state index contributed by atoms with van der Waals surface area (Å²) in [5.41, 5.74) is 1.59. The Morgan fingerprint density at radius 1 is 1.04 bits per heavy atom. The van der Waals surface area contributed by atoms with Gasteiger partial charge in [0.05, 0.1) is 5.56 Å². The fraction of sp³-hybridized carbons (Fsp3) is 0.300. The van der Waals surface area contributed by atoms with Gasteiger partial charge in [-0.2, -0.15) is 0 Å². The number of amides is 2. The minimum atomic E-state index is -0.301. The molecule has 3 rings (SSSR count). The van der Waals surface area contributed by atoms with Gasteiger partial charge in [0.1, 0.15) is 6.61 Å². The predicted molar refractivity (Wildman–Crippen MR) is 103 cm³/mol. The smallest absolute Gasteiger partial charge is 0.410 e. The van der Waals surface area contributed by atoms with Gasteiger partial charge in [-0.15, -0.1) is 0 Å². The molecule has 0 radical (unpaired) electrons. The lowest BCUT2D eigenvalue weighted by Crippen LogP contribution is -2.46. The summed E-state index contributed by atoms with van der Waals surface area (Å²) >= 11 is 3.40. The summed E-state index contributed by atoms with van der Waals surface area (Å²) in [6, 6.07) is 17.0. The molecular weight excluding hydrogens is 396 g/mol. The third-order valence-corrected chi connectivity index (χ3v) is 5.10. The first-order chi connectivity index (χ1) is 12.6. The number of carbonyl (C=O) groups excluding carboxylic acids is 2. The van der Waals surface area contributed by atoms with Crippen molar-refractivity contribution in [3.05, 3.63) is 70.2 Å². The number of nitrogens with zero attached hydrogens (tertiary/aromatic N) is 1. The highest BCUT2D eigenvalue weighted by molar-refractivity contribution is 9.10. The molecule has 26 heavy (non-hydrogen) atoms. The van der Waals surface area contributed by atoms with Gasteiger partial charge in [0, 0.05) is 23.6 Å². The van der Waals surface area contributed by atoms with Gasteiger partial charge in [0.2, 0.25) is 0 Å². The van der Waals surface area contributed by atoms with E-state index in [9.17, 15) is 9.59 Å².